The third-order valence-electron chi connectivity index (χ3n) is 1.87. The maximum absolute atomic E-state index is 8.40. The van der Waals surface area contributed by atoms with E-state index >= 15 is 0 Å². The van der Waals surface area contributed by atoms with Crippen LogP contribution >= 0.6 is 23.5 Å². The van der Waals surface area contributed by atoms with E-state index in [1.54, 1.807) is 0 Å². The maximum Gasteiger partial charge on any atom is 0.183 e. The molecule has 0 aromatic carbocycles. The second-order valence-corrected chi connectivity index (χ2v) is 4.76. The molecule has 0 aromatic heterocycles. The van der Waals surface area contributed by atoms with Crippen molar-refractivity contribution < 1.29 is 0 Å². The largest absolute Gasteiger partial charge is 0.272 e. The highest BCUT2D eigenvalue weighted by molar-refractivity contribution is 8.13. The van der Waals surface area contributed by atoms with Crippen LogP contribution in [0, 0.1) is 17.4 Å². The molecule has 1 heterocycles. The van der Waals surface area contributed by atoms with E-state index in [9.17, 15) is 0 Å². The van der Waals surface area contributed by atoms with E-state index in [1.807, 2.05) is 24.2 Å². The van der Waals surface area contributed by atoms with Crippen molar-refractivity contribution in [1.29, 1.82) is 5.26 Å². The van der Waals surface area contributed by atoms with Crippen molar-refractivity contribution in [2.24, 2.45) is 10.9 Å². The molecule has 13 heavy (non-hydrogen) atoms. The number of rotatable bonds is 2. The van der Waals surface area contributed by atoms with Crippen molar-refractivity contribution in [2.45, 2.75) is 6.42 Å². The number of thioether (sulfide) groups is 2. The fraction of sp³-hybridized carbons (Fsp3) is 0.750. The monoisotopic (exact) mass is 215 g/mol. The number of nitriles is 1. The van der Waals surface area contributed by atoms with Crippen LogP contribution in [0.15, 0.2) is 4.99 Å². The van der Waals surface area contributed by atoms with E-state index in [-0.39, 0.29) is 0 Å². The van der Waals surface area contributed by atoms with Crippen LogP contribution in [0.3, 0.4) is 0 Å². The molecular formula is C8H13N3S2. The Hall–Kier alpha value is -0.340. The van der Waals surface area contributed by atoms with Gasteiger partial charge in [-0.1, -0.05) is 11.8 Å². The van der Waals surface area contributed by atoms with Gasteiger partial charge in [0.15, 0.2) is 11.4 Å². The third-order valence-corrected chi connectivity index (χ3v) is 3.72. The molecule has 0 bridgehead atoms. The minimum absolute atomic E-state index is 0.715. The summed E-state index contributed by atoms with van der Waals surface area (Å²) in [4.78, 5) is 4.35. The van der Waals surface area contributed by atoms with Gasteiger partial charge in [-0.05, 0) is 30.1 Å². The maximum atomic E-state index is 8.40. The first-order valence-corrected chi connectivity index (χ1v) is 6.56. The normalized spacial score (nSPS) is 22.8. The van der Waals surface area contributed by atoms with Crippen LogP contribution in [0.1, 0.15) is 6.42 Å². The highest BCUT2D eigenvalue weighted by Crippen LogP contribution is 2.23. The standard InChI is InChI=1S/C8H13N3S2/c1-12-8(11-6-9)10-4-7-2-3-13-5-7/h7H,2-5H2,1H3,(H,10,11). The molecule has 0 saturated carbocycles. The molecule has 1 atom stereocenters. The molecule has 0 spiro atoms. The van der Waals surface area contributed by atoms with E-state index in [0.717, 1.165) is 11.7 Å². The Labute approximate surface area is 87.4 Å². The molecule has 0 amide bonds. The Balaban J connectivity index is 2.30. The van der Waals surface area contributed by atoms with Crippen LogP contribution in [-0.4, -0.2) is 29.5 Å². The molecule has 0 aliphatic carbocycles. The van der Waals surface area contributed by atoms with Crippen molar-refractivity contribution in [2.75, 3.05) is 24.3 Å². The zero-order chi connectivity index (χ0) is 9.52. The molecule has 1 fully saturated rings. The summed E-state index contributed by atoms with van der Waals surface area (Å²) in [5.74, 6) is 3.20. The van der Waals surface area contributed by atoms with Crippen LogP contribution in [0.25, 0.3) is 0 Å². The van der Waals surface area contributed by atoms with Crippen molar-refractivity contribution in [3.05, 3.63) is 0 Å². The Kier molecular flexibility index (Phi) is 5.09. The van der Waals surface area contributed by atoms with Gasteiger partial charge in [-0.15, -0.1) is 0 Å². The van der Waals surface area contributed by atoms with Gasteiger partial charge in [-0.3, -0.25) is 10.3 Å². The lowest BCUT2D eigenvalue weighted by atomic mass is 10.1. The summed E-state index contributed by atoms with van der Waals surface area (Å²) in [5, 5.41) is 11.7. The molecule has 72 valence electrons. The van der Waals surface area contributed by atoms with Crippen molar-refractivity contribution >= 4 is 28.7 Å². The summed E-state index contributed by atoms with van der Waals surface area (Å²) in [5.41, 5.74) is 0. The highest BCUT2D eigenvalue weighted by atomic mass is 32.2. The van der Waals surface area contributed by atoms with Crippen LogP contribution < -0.4 is 5.32 Å². The number of nitrogens with one attached hydrogen (secondary N) is 1. The Morgan fingerprint density at radius 1 is 1.85 bits per heavy atom. The predicted octanol–water partition coefficient (Wildman–Crippen LogP) is 1.53. The van der Waals surface area contributed by atoms with Gasteiger partial charge in [-0.2, -0.15) is 17.0 Å². The van der Waals surface area contributed by atoms with Gasteiger partial charge < -0.3 is 0 Å². The molecule has 5 heteroatoms. The molecule has 3 nitrogen and oxygen atoms in total. The van der Waals surface area contributed by atoms with Gasteiger partial charge in [0.2, 0.25) is 0 Å². The lowest BCUT2D eigenvalue weighted by Gasteiger charge is -2.04. The SMILES string of the molecule is CSC(=NCC1CCSC1)NC#N. The molecule has 1 aliphatic rings. The van der Waals surface area contributed by atoms with Crippen LogP contribution in [0.5, 0.6) is 0 Å². The van der Waals surface area contributed by atoms with Crippen molar-refractivity contribution in [3.63, 3.8) is 0 Å². The number of nitrogens with zero attached hydrogens (tertiary/aromatic N) is 2. The van der Waals surface area contributed by atoms with E-state index in [0.29, 0.717) is 5.92 Å². The smallest absolute Gasteiger partial charge is 0.183 e. The fourth-order valence-electron chi connectivity index (χ4n) is 1.14. The zero-order valence-corrected chi connectivity index (χ0v) is 9.25. The summed E-state index contributed by atoms with van der Waals surface area (Å²) in [6.45, 7) is 0.859. The van der Waals surface area contributed by atoms with Gasteiger partial charge in [0.1, 0.15) is 0 Å². The predicted molar refractivity (Wildman–Crippen MR) is 60.0 cm³/mol. The fourth-order valence-corrected chi connectivity index (χ4v) is 2.77. The molecule has 1 unspecified atom stereocenters. The molecule has 1 aliphatic heterocycles. The van der Waals surface area contributed by atoms with Crippen LogP contribution in [0.4, 0.5) is 0 Å². The Morgan fingerprint density at radius 3 is 3.23 bits per heavy atom. The number of aliphatic imine (C=N–C) groups is 1. The number of hydrogen-bond donors (Lipinski definition) is 1. The number of hydrogen-bond acceptors (Lipinski definition) is 4. The molecule has 1 saturated heterocycles. The first kappa shape index (κ1) is 10.7. The summed E-state index contributed by atoms with van der Waals surface area (Å²) >= 11 is 3.48. The van der Waals surface area contributed by atoms with Gasteiger partial charge in [0, 0.05) is 6.54 Å². The highest BCUT2D eigenvalue weighted by Gasteiger charge is 2.14. The first-order chi connectivity index (χ1) is 6.36. The zero-order valence-electron chi connectivity index (χ0n) is 7.62. The molecule has 0 radical (unpaired) electrons. The van der Waals surface area contributed by atoms with Crippen molar-refractivity contribution in [3.8, 4) is 6.19 Å². The summed E-state index contributed by atoms with van der Waals surface area (Å²) < 4.78 is 0. The minimum atomic E-state index is 0.715. The van der Waals surface area contributed by atoms with Gasteiger partial charge in [0.25, 0.3) is 0 Å². The van der Waals surface area contributed by atoms with E-state index in [2.05, 4.69) is 10.3 Å². The first-order valence-electron chi connectivity index (χ1n) is 4.18. The van der Waals surface area contributed by atoms with Gasteiger partial charge in [0.05, 0.1) is 0 Å². The lowest BCUT2D eigenvalue weighted by molar-refractivity contribution is 0.613. The van der Waals surface area contributed by atoms with E-state index in [4.69, 9.17) is 5.26 Å². The number of amidine groups is 1. The van der Waals surface area contributed by atoms with Crippen molar-refractivity contribution in [1.82, 2.24) is 5.32 Å². The van der Waals surface area contributed by atoms with Crippen LogP contribution in [-0.2, 0) is 0 Å². The third kappa shape index (κ3) is 3.92. The van der Waals surface area contributed by atoms with Crippen LogP contribution in [0.2, 0.25) is 0 Å². The summed E-state index contributed by atoms with van der Waals surface area (Å²) in [6, 6.07) is 0. The van der Waals surface area contributed by atoms with Gasteiger partial charge >= 0.3 is 0 Å². The average Bonchev–Trinajstić information content (AvgIpc) is 2.64. The van der Waals surface area contributed by atoms with E-state index in [1.165, 1.54) is 29.7 Å². The second-order valence-electron chi connectivity index (χ2n) is 2.82. The molecule has 1 N–H and O–H groups in total. The van der Waals surface area contributed by atoms with E-state index < -0.39 is 0 Å². The molecule has 0 aromatic rings. The Morgan fingerprint density at radius 2 is 2.69 bits per heavy atom. The Bertz CT molecular complexity index is 216. The molecule has 1 rings (SSSR count). The lowest BCUT2D eigenvalue weighted by Crippen LogP contribution is -2.15. The second kappa shape index (κ2) is 6.17. The average molecular weight is 215 g/mol. The molecular weight excluding hydrogens is 202 g/mol. The van der Waals surface area contributed by atoms with Gasteiger partial charge in [-0.25, -0.2) is 0 Å². The minimum Gasteiger partial charge on any atom is -0.272 e. The summed E-state index contributed by atoms with van der Waals surface area (Å²) in [7, 11) is 0. The topological polar surface area (TPSA) is 48.2 Å². The quantitative estimate of drug-likeness (QED) is 0.328. The summed E-state index contributed by atoms with van der Waals surface area (Å²) in [6.07, 6.45) is 5.08.